The summed E-state index contributed by atoms with van der Waals surface area (Å²) in [6, 6.07) is 13.0. The Labute approximate surface area is 136 Å². The Morgan fingerprint density at radius 2 is 1.79 bits per heavy atom. The standard InChI is InChI=1S/C17H12FN5O/c18-13-5-3-12(4-6-13)15-10-19-17-21-20-16(23(17)22-15)9-11-1-7-14(24)8-2-11/h1-8,10,24H,9H2/p+1. The molecule has 0 aliphatic heterocycles. The molecule has 0 bridgehead atoms. The van der Waals surface area contributed by atoms with E-state index in [-0.39, 0.29) is 11.6 Å². The monoisotopic (exact) mass is 322 g/mol. The van der Waals surface area contributed by atoms with Gasteiger partial charge in [-0.25, -0.2) is 4.39 Å². The van der Waals surface area contributed by atoms with E-state index < -0.39 is 0 Å². The summed E-state index contributed by atoms with van der Waals surface area (Å²) in [6.45, 7) is 0. The van der Waals surface area contributed by atoms with Gasteiger partial charge in [-0.3, -0.25) is 0 Å². The van der Waals surface area contributed by atoms with Crippen molar-refractivity contribution in [1.82, 2.24) is 20.3 Å². The van der Waals surface area contributed by atoms with E-state index >= 15 is 0 Å². The van der Waals surface area contributed by atoms with Crippen LogP contribution in [0.1, 0.15) is 11.4 Å². The van der Waals surface area contributed by atoms with Crippen LogP contribution in [0.5, 0.6) is 5.75 Å². The molecule has 2 aromatic carbocycles. The lowest BCUT2D eigenvalue weighted by Crippen LogP contribution is -2.31. The molecule has 7 heteroatoms. The molecule has 0 unspecified atom stereocenters. The number of phenolic OH excluding ortho intramolecular Hbond substituents is 1. The van der Waals surface area contributed by atoms with Gasteiger partial charge in [0.25, 0.3) is 0 Å². The molecule has 2 aromatic heterocycles. The zero-order valence-electron chi connectivity index (χ0n) is 12.5. The molecule has 24 heavy (non-hydrogen) atoms. The third-order valence-electron chi connectivity index (χ3n) is 3.69. The molecule has 2 heterocycles. The summed E-state index contributed by atoms with van der Waals surface area (Å²) in [4.78, 5) is 4.28. The van der Waals surface area contributed by atoms with E-state index in [1.54, 1.807) is 35.0 Å². The highest BCUT2D eigenvalue weighted by Gasteiger charge is 2.17. The number of hydrogen-bond acceptors (Lipinski definition) is 4. The molecule has 0 fully saturated rings. The van der Waals surface area contributed by atoms with E-state index in [0.29, 0.717) is 17.9 Å². The maximum atomic E-state index is 13.1. The lowest BCUT2D eigenvalue weighted by atomic mass is 10.1. The summed E-state index contributed by atoms with van der Waals surface area (Å²) >= 11 is 0. The van der Waals surface area contributed by atoms with Crippen molar-refractivity contribution in [3.8, 4) is 17.0 Å². The van der Waals surface area contributed by atoms with Crippen LogP contribution in [0.4, 0.5) is 4.39 Å². The van der Waals surface area contributed by atoms with Crippen LogP contribution in [0.2, 0.25) is 0 Å². The minimum atomic E-state index is -0.295. The average molecular weight is 322 g/mol. The van der Waals surface area contributed by atoms with Gasteiger partial charge in [0.1, 0.15) is 23.5 Å². The van der Waals surface area contributed by atoms with Crippen molar-refractivity contribution in [2.45, 2.75) is 6.42 Å². The van der Waals surface area contributed by atoms with Gasteiger partial charge >= 0.3 is 5.78 Å². The summed E-state index contributed by atoms with van der Waals surface area (Å²) in [5.74, 6) is 1.14. The molecule has 0 amide bonds. The van der Waals surface area contributed by atoms with Gasteiger partial charge in [-0.2, -0.15) is 5.10 Å². The molecule has 2 N–H and O–H groups in total. The topological polar surface area (TPSA) is 78.8 Å². The van der Waals surface area contributed by atoms with Crippen LogP contribution in [0.25, 0.3) is 17.0 Å². The van der Waals surface area contributed by atoms with Crippen molar-refractivity contribution in [1.29, 1.82) is 0 Å². The van der Waals surface area contributed by atoms with Gasteiger partial charge in [-0.05, 0) is 42.0 Å². The van der Waals surface area contributed by atoms with E-state index in [2.05, 4.69) is 20.3 Å². The molecule has 0 spiro atoms. The molecule has 4 aromatic rings. The normalized spacial score (nSPS) is 11.0. The average Bonchev–Trinajstić information content (AvgIpc) is 3.00. The van der Waals surface area contributed by atoms with E-state index in [9.17, 15) is 9.50 Å². The third-order valence-corrected chi connectivity index (χ3v) is 3.69. The third kappa shape index (κ3) is 2.67. The highest BCUT2D eigenvalue weighted by Crippen LogP contribution is 2.16. The van der Waals surface area contributed by atoms with Gasteiger partial charge in [0.05, 0.1) is 6.42 Å². The number of hydrogen-bond donors (Lipinski definition) is 2. The Hall–Kier alpha value is -3.35. The molecular weight excluding hydrogens is 309 g/mol. The number of fused-ring (bicyclic) bond motifs is 1. The summed E-state index contributed by atoms with van der Waals surface area (Å²) in [7, 11) is 0. The second-order valence-corrected chi connectivity index (χ2v) is 5.38. The fourth-order valence-corrected chi connectivity index (χ4v) is 2.45. The molecule has 0 aliphatic carbocycles. The predicted octanol–water partition coefficient (Wildman–Crippen LogP) is 2.04. The SMILES string of the molecule is Oc1ccc(Cc2[nH]nc3ncc(-c4ccc(F)cc4)n[n+]23)cc1. The molecule has 6 nitrogen and oxygen atoms in total. The molecule has 0 radical (unpaired) electrons. The van der Waals surface area contributed by atoms with Crippen molar-refractivity contribution < 1.29 is 14.0 Å². The van der Waals surface area contributed by atoms with Gasteiger partial charge in [0.15, 0.2) is 0 Å². The minimum absolute atomic E-state index is 0.222. The zero-order chi connectivity index (χ0) is 16.5. The van der Waals surface area contributed by atoms with E-state index in [0.717, 1.165) is 17.0 Å². The number of nitrogens with one attached hydrogen (secondary N) is 1. The Morgan fingerprint density at radius 3 is 2.54 bits per heavy atom. The van der Waals surface area contributed by atoms with Crippen LogP contribution in [0.3, 0.4) is 0 Å². The number of aromatic hydroxyl groups is 1. The van der Waals surface area contributed by atoms with Crippen LogP contribution >= 0.6 is 0 Å². The lowest BCUT2D eigenvalue weighted by molar-refractivity contribution is -0.590. The largest absolute Gasteiger partial charge is 0.508 e. The first-order chi connectivity index (χ1) is 11.7. The maximum absolute atomic E-state index is 13.1. The first-order valence-electron chi connectivity index (χ1n) is 7.35. The predicted molar refractivity (Wildman–Crippen MR) is 83.6 cm³/mol. The van der Waals surface area contributed by atoms with Gasteiger partial charge in [0, 0.05) is 10.7 Å². The molecule has 0 atom stereocenters. The van der Waals surface area contributed by atoms with E-state index in [1.807, 2.05) is 12.1 Å². The Balaban J connectivity index is 1.73. The number of aromatic nitrogens is 5. The van der Waals surface area contributed by atoms with Crippen molar-refractivity contribution >= 4 is 5.78 Å². The van der Waals surface area contributed by atoms with E-state index in [4.69, 9.17) is 0 Å². The Kier molecular flexibility index (Phi) is 3.38. The van der Waals surface area contributed by atoms with Crippen molar-refractivity contribution in [2.75, 3.05) is 0 Å². The van der Waals surface area contributed by atoms with Gasteiger partial charge < -0.3 is 5.11 Å². The smallest absolute Gasteiger partial charge is 0.437 e. The molecule has 0 saturated heterocycles. The number of aromatic amines is 1. The summed E-state index contributed by atoms with van der Waals surface area (Å²) < 4.78 is 14.7. The Morgan fingerprint density at radius 1 is 1.04 bits per heavy atom. The van der Waals surface area contributed by atoms with Crippen molar-refractivity contribution in [3.05, 3.63) is 71.9 Å². The van der Waals surface area contributed by atoms with Crippen LogP contribution in [-0.2, 0) is 6.42 Å². The number of halogens is 1. The highest BCUT2D eigenvalue weighted by molar-refractivity contribution is 5.57. The highest BCUT2D eigenvalue weighted by atomic mass is 19.1. The first-order valence-corrected chi connectivity index (χ1v) is 7.35. The molecule has 0 aliphatic rings. The molecular formula is C17H13FN5O+. The molecule has 0 saturated carbocycles. The summed E-state index contributed by atoms with van der Waals surface area (Å²) in [6.07, 6.45) is 2.16. The number of H-pyrrole nitrogens is 1. The number of nitrogens with zero attached hydrogens (tertiary/aromatic N) is 4. The van der Waals surface area contributed by atoms with Crippen LogP contribution in [0, 0.1) is 5.82 Å². The number of phenols is 1. The fraction of sp³-hybridized carbons (Fsp3) is 0.0588. The molecule has 118 valence electrons. The zero-order valence-corrected chi connectivity index (χ0v) is 12.5. The second kappa shape index (κ2) is 5.69. The Bertz CT molecular complexity index is 996. The summed E-state index contributed by atoms with van der Waals surface area (Å²) in [5, 5.41) is 21.0. The van der Waals surface area contributed by atoms with Gasteiger partial charge in [-0.1, -0.05) is 16.6 Å². The van der Waals surface area contributed by atoms with Crippen LogP contribution in [0.15, 0.2) is 54.7 Å². The van der Waals surface area contributed by atoms with Gasteiger partial charge in [0.2, 0.25) is 5.82 Å². The fourth-order valence-electron chi connectivity index (χ4n) is 2.45. The minimum Gasteiger partial charge on any atom is -0.508 e. The lowest BCUT2D eigenvalue weighted by Gasteiger charge is -2.00. The van der Waals surface area contributed by atoms with Crippen LogP contribution in [-0.4, -0.2) is 25.4 Å². The van der Waals surface area contributed by atoms with E-state index in [1.165, 1.54) is 12.1 Å². The maximum Gasteiger partial charge on any atom is 0.437 e. The van der Waals surface area contributed by atoms with Crippen molar-refractivity contribution in [3.63, 3.8) is 0 Å². The van der Waals surface area contributed by atoms with Crippen LogP contribution < -0.4 is 4.52 Å². The first kappa shape index (κ1) is 14.3. The second-order valence-electron chi connectivity index (χ2n) is 5.38. The quantitative estimate of drug-likeness (QED) is 0.566. The number of rotatable bonds is 3. The summed E-state index contributed by atoms with van der Waals surface area (Å²) in [5.41, 5.74) is 2.40. The van der Waals surface area contributed by atoms with Gasteiger partial charge in [-0.15, -0.1) is 10.1 Å². The molecule has 4 rings (SSSR count). The number of benzene rings is 2. The van der Waals surface area contributed by atoms with Crippen molar-refractivity contribution in [2.24, 2.45) is 0 Å².